The molecule has 48 heavy (non-hydrogen) atoms. The SMILES string of the molecule is COC(=O)[C@@H](NC(=O)[C@@H](NC(=O)CC[C@H](O)[C@H](Cc1ccc(O)cc1)NC(=O)[C@H](C)NC(=O)[C@H](C)NC(=O)[C@@H](N)CO)C(C)C)C(C)C. The van der Waals surface area contributed by atoms with E-state index in [9.17, 15) is 39.0 Å². The highest BCUT2D eigenvalue weighted by molar-refractivity contribution is 5.93. The first kappa shape index (κ1) is 41.7. The second-order valence-electron chi connectivity index (χ2n) is 12.4. The molecule has 0 aromatic heterocycles. The number of ether oxygens (including phenoxy) is 1. The predicted molar refractivity (Wildman–Crippen MR) is 175 cm³/mol. The van der Waals surface area contributed by atoms with Crippen molar-refractivity contribution in [3.8, 4) is 5.75 Å². The summed E-state index contributed by atoms with van der Waals surface area (Å²) in [6.07, 6.45) is -1.50. The van der Waals surface area contributed by atoms with Crippen LogP contribution in [-0.2, 0) is 39.9 Å². The fraction of sp³-hybridized carbons (Fsp3) is 0.625. The molecule has 7 atom stereocenters. The third-order valence-corrected chi connectivity index (χ3v) is 7.57. The molecule has 0 unspecified atom stereocenters. The Balaban J connectivity index is 2.97. The van der Waals surface area contributed by atoms with Gasteiger partial charge in [0, 0.05) is 6.42 Å². The van der Waals surface area contributed by atoms with Crippen LogP contribution in [-0.4, -0.2) is 107 Å². The zero-order valence-corrected chi connectivity index (χ0v) is 28.6. The molecule has 5 amide bonds. The van der Waals surface area contributed by atoms with E-state index in [1.807, 2.05) is 0 Å². The minimum Gasteiger partial charge on any atom is -0.508 e. The van der Waals surface area contributed by atoms with E-state index in [1.54, 1.807) is 39.8 Å². The van der Waals surface area contributed by atoms with Gasteiger partial charge in [-0.3, -0.25) is 24.0 Å². The monoisotopic (exact) mass is 680 g/mol. The van der Waals surface area contributed by atoms with Gasteiger partial charge in [0.1, 0.15) is 36.0 Å². The molecule has 0 radical (unpaired) electrons. The standard InChI is InChI=1S/C32H52N6O10/c1-16(2)26(31(46)38-27(17(3)4)32(47)48-7)37-25(42)13-12-24(41)23(14-20-8-10-21(40)11-9-20)36-29(44)19(6)34-28(43)18(5)35-30(45)22(33)15-39/h8-11,16-19,22-24,26-27,39-41H,12-15,33H2,1-7H3,(H,34,43)(H,35,45)(H,36,44)(H,37,42)(H,38,46)/t18-,19-,22-,23-,24-,26-,27-/m0/s1. The van der Waals surface area contributed by atoms with Crippen LogP contribution in [0.25, 0.3) is 0 Å². The number of benzene rings is 1. The van der Waals surface area contributed by atoms with Gasteiger partial charge >= 0.3 is 5.97 Å². The highest BCUT2D eigenvalue weighted by Crippen LogP contribution is 2.15. The number of aliphatic hydroxyl groups excluding tert-OH is 2. The molecule has 0 bridgehead atoms. The molecule has 1 aromatic rings. The highest BCUT2D eigenvalue weighted by atomic mass is 16.5. The summed E-state index contributed by atoms with van der Waals surface area (Å²) in [4.78, 5) is 75.6. The first-order chi connectivity index (χ1) is 22.4. The molecule has 0 aliphatic heterocycles. The fourth-order valence-electron chi connectivity index (χ4n) is 4.48. The number of esters is 1. The quantitative estimate of drug-likeness (QED) is 0.0748. The lowest BCUT2D eigenvalue weighted by Gasteiger charge is -2.28. The molecule has 0 fully saturated rings. The van der Waals surface area contributed by atoms with Crippen LogP contribution < -0.4 is 32.3 Å². The average molecular weight is 681 g/mol. The van der Waals surface area contributed by atoms with E-state index >= 15 is 0 Å². The number of nitrogens with two attached hydrogens (primary N) is 1. The minimum atomic E-state index is -1.26. The number of aliphatic hydroxyl groups is 2. The van der Waals surface area contributed by atoms with Gasteiger partial charge in [-0.2, -0.15) is 0 Å². The number of amides is 5. The molecular formula is C32H52N6O10. The summed E-state index contributed by atoms with van der Waals surface area (Å²) in [5.41, 5.74) is 6.10. The number of methoxy groups -OCH3 is 1. The number of carbonyl (C=O) groups excluding carboxylic acids is 6. The molecule has 0 spiro atoms. The maximum Gasteiger partial charge on any atom is 0.328 e. The van der Waals surface area contributed by atoms with Crippen molar-refractivity contribution >= 4 is 35.5 Å². The Hall–Kier alpha value is -4.28. The minimum absolute atomic E-state index is 0.0177. The molecule has 10 N–H and O–H groups in total. The summed E-state index contributed by atoms with van der Waals surface area (Å²) in [6, 6.07) is -0.146. The average Bonchev–Trinajstić information content (AvgIpc) is 3.03. The summed E-state index contributed by atoms with van der Waals surface area (Å²) in [5.74, 6) is -4.43. The number of carbonyl (C=O) groups is 6. The zero-order valence-electron chi connectivity index (χ0n) is 28.6. The zero-order chi connectivity index (χ0) is 36.7. The van der Waals surface area contributed by atoms with E-state index in [1.165, 1.54) is 33.1 Å². The predicted octanol–water partition coefficient (Wildman–Crippen LogP) is -1.66. The van der Waals surface area contributed by atoms with Gasteiger partial charge in [-0.05, 0) is 56.2 Å². The number of rotatable bonds is 19. The first-order valence-electron chi connectivity index (χ1n) is 15.8. The maximum atomic E-state index is 13.1. The molecule has 0 heterocycles. The van der Waals surface area contributed by atoms with Gasteiger partial charge < -0.3 is 52.4 Å². The van der Waals surface area contributed by atoms with Crippen LogP contribution in [0.5, 0.6) is 5.75 Å². The molecule has 0 saturated heterocycles. The lowest BCUT2D eigenvalue weighted by molar-refractivity contribution is -0.146. The lowest BCUT2D eigenvalue weighted by Crippen LogP contribution is -2.56. The van der Waals surface area contributed by atoms with Gasteiger partial charge in [0.15, 0.2) is 0 Å². The van der Waals surface area contributed by atoms with Gasteiger partial charge in [-0.1, -0.05) is 39.8 Å². The van der Waals surface area contributed by atoms with Gasteiger partial charge in [0.2, 0.25) is 29.5 Å². The Morgan fingerprint density at radius 2 is 1.27 bits per heavy atom. The molecule has 16 nitrogen and oxygen atoms in total. The van der Waals surface area contributed by atoms with Crippen molar-refractivity contribution in [2.45, 2.75) is 103 Å². The normalized spacial score (nSPS) is 15.6. The number of phenolic OH excluding ortho intramolecular Hbond substituents is 1. The maximum absolute atomic E-state index is 13.1. The fourth-order valence-corrected chi connectivity index (χ4v) is 4.48. The molecule has 0 saturated carbocycles. The van der Waals surface area contributed by atoms with Crippen LogP contribution in [0.1, 0.15) is 59.9 Å². The molecule has 0 aliphatic carbocycles. The second kappa shape index (κ2) is 20.2. The van der Waals surface area contributed by atoms with Crippen LogP contribution in [0.3, 0.4) is 0 Å². The van der Waals surface area contributed by atoms with Gasteiger partial charge in [0.25, 0.3) is 0 Å². The molecule has 1 aromatic carbocycles. The van der Waals surface area contributed by atoms with Crippen LogP contribution in [0.2, 0.25) is 0 Å². The van der Waals surface area contributed by atoms with Crippen LogP contribution >= 0.6 is 0 Å². The number of hydrogen-bond donors (Lipinski definition) is 9. The Labute approximate surface area is 280 Å². The topological polar surface area (TPSA) is 259 Å². The summed E-state index contributed by atoms with van der Waals surface area (Å²) in [5, 5.41) is 42.6. The number of hydrogen-bond acceptors (Lipinski definition) is 11. The molecule has 1 rings (SSSR count). The highest BCUT2D eigenvalue weighted by Gasteiger charge is 2.32. The third-order valence-electron chi connectivity index (χ3n) is 7.57. The van der Waals surface area contributed by atoms with Crippen molar-refractivity contribution in [1.29, 1.82) is 0 Å². The lowest BCUT2D eigenvalue weighted by atomic mass is 9.97. The number of phenols is 1. The van der Waals surface area contributed by atoms with Gasteiger partial charge in [-0.15, -0.1) is 0 Å². The van der Waals surface area contributed by atoms with Crippen molar-refractivity contribution < 1.29 is 48.8 Å². The van der Waals surface area contributed by atoms with Gasteiger partial charge in [-0.25, -0.2) is 4.79 Å². The summed E-state index contributed by atoms with van der Waals surface area (Å²) in [7, 11) is 1.21. The smallest absolute Gasteiger partial charge is 0.328 e. The van der Waals surface area contributed by atoms with Crippen molar-refractivity contribution in [2.75, 3.05) is 13.7 Å². The van der Waals surface area contributed by atoms with E-state index < -0.39 is 84.5 Å². The molecule has 16 heteroatoms. The Morgan fingerprint density at radius 1 is 0.750 bits per heavy atom. The van der Waals surface area contributed by atoms with Crippen LogP contribution in [0, 0.1) is 11.8 Å². The van der Waals surface area contributed by atoms with E-state index in [0.717, 1.165) is 0 Å². The molecule has 0 aliphatic rings. The Kier molecular flexibility index (Phi) is 17.5. The summed E-state index contributed by atoms with van der Waals surface area (Å²) >= 11 is 0. The van der Waals surface area contributed by atoms with E-state index in [-0.39, 0.29) is 36.8 Å². The Morgan fingerprint density at radius 3 is 1.77 bits per heavy atom. The molecular weight excluding hydrogens is 628 g/mol. The van der Waals surface area contributed by atoms with Gasteiger partial charge in [0.05, 0.1) is 25.9 Å². The van der Waals surface area contributed by atoms with E-state index in [4.69, 9.17) is 15.6 Å². The largest absolute Gasteiger partial charge is 0.508 e. The number of nitrogens with one attached hydrogen (secondary N) is 5. The Bertz CT molecular complexity index is 1240. The first-order valence-corrected chi connectivity index (χ1v) is 15.8. The summed E-state index contributed by atoms with van der Waals surface area (Å²) < 4.78 is 4.77. The van der Waals surface area contributed by atoms with E-state index in [2.05, 4.69) is 26.6 Å². The van der Waals surface area contributed by atoms with Crippen LogP contribution in [0.4, 0.5) is 0 Å². The summed E-state index contributed by atoms with van der Waals surface area (Å²) in [6.45, 7) is 9.10. The number of aromatic hydroxyl groups is 1. The van der Waals surface area contributed by atoms with Crippen molar-refractivity contribution in [2.24, 2.45) is 17.6 Å². The third kappa shape index (κ3) is 13.8. The van der Waals surface area contributed by atoms with E-state index in [0.29, 0.717) is 5.56 Å². The second-order valence-corrected chi connectivity index (χ2v) is 12.4. The van der Waals surface area contributed by atoms with Crippen molar-refractivity contribution in [3.05, 3.63) is 29.8 Å². The van der Waals surface area contributed by atoms with Crippen molar-refractivity contribution in [3.63, 3.8) is 0 Å². The van der Waals surface area contributed by atoms with Crippen molar-refractivity contribution in [1.82, 2.24) is 26.6 Å². The molecule has 270 valence electrons. The van der Waals surface area contributed by atoms with Crippen LogP contribution in [0.15, 0.2) is 24.3 Å².